The van der Waals surface area contributed by atoms with Crippen molar-refractivity contribution in [2.45, 2.75) is 25.8 Å². The monoisotopic (exact) mass is 296 g/mol. The van der Waals surface area contributed by atoms with Gasteiger partial charge in [0.15, 0.2) is 0 Å². The number of nitrogens with zero attached hydrogens (tertiary/aromatic N) is 1. The van der Waals surface area contributed by atoms with Gasteiger partial charge in [0.05, 0.1) is 5.75 Å². The molecule has 1 amide bonds. The van der Waals surface area contributed by atoms with E-state index in [0.717, 1.165) is 6.42 Å². The second-order valence-electron chi connectivity index (χ2n) is 4.88. The van der Waals surface area contributed by atoms with Crippen molar-refractivity contribution < 1.29 is 13.2 Å². The Morgan fingerprint density at radius 2 is 2.00 bits per heavy atom. The van der Waals surface area contributed by atoms with E-state index in [1.807, 2.05) is 25.1 Å². The number of piperazine rings is 1. The molecule has 1 fully saturated rings. The fraction of sp³-hybridized carbons (Fsp3) is 0.500. The van der Waals surface area contributed by atoms with Gasteiger partial charge in [-0.1, -0.05) is 43.7 Å². The van der Waals surface area contributed by atoms with Gasteiger partial charge in [0.2, 0.25) is 15.9 Å². The van der Waals surface area contributed by atoms with Crippen LogP contribution in [-0.2, 0) is 14.8 Å². The maximum absolute atomic E-state index is 12.4. The number of amides is 1. The van der Waals surface area contributed by atoms with Crippen molar-refractivity contribution in [3.8, 4) is 0 Å². The Balaban J connectivity index is 2.32. The van der Waals surface area contributed by atoms with Gasteiger partial charge in [-0.2, -0.15) is 4.31 Å². The van der Waals surface area contributed by atoms with Gasteiger partial charge < -0.3 is 5.32 Å². The summed E-state index contributed by atoms with van der Waals surface area (Å²) in [6.07, 6.45) is 1.43. The van der Waals surface area contributed by atoms with Gasteiger partial charge in [-0.3, -0.25) is 4.79 Å². The zero-order valence-electron chi connectivity index (χ0n) is 11.6. The molecule has 6 heteroatoms. The lowest BCUT2D eigenvalue weighted by Gasteiger charge is -2.34. The van der Waals surface area contributed by atoms with Crippen molar-refractivity contribution in [3.05, 3.63) is 35.9 Å². The second kappa shape index (κ2) is 6.37. The molecule has 0 bridgehead atoms. The summed E-state index contributed by atoms with van der Waals surface area (Å²) < 4.78 is 26.2. The highest BCUT2D eigenvalue weighted by Crippen LogP contribution is 2.26. The molecule has 1 saturated heterocycles. The molecule has 1 aliphatic heterocycles. The summed E-state index contributed by atoms with van der Waals surface area (Å²) in [7, 11) is -3.40. The van der Waals surface area contributed by atoms with Crippen molar-refractivity contribution in [2.24, 2.45) is 0 Å². The highest BCUT2D eigenvalue weighted by Gasteiger charge is 2.37. The minimum absolute atomic E-state index is 0.0973. The molecule has 20 heavy (non-hydrogen) atoms. The third-order valence-electron chi connectivity index (χ3n) is 3.40. The summed E-state index contributed by atoms with van der Waals surface area (Å²) in [5.74, 6) is -0.150. The maximum Gasteiger partial charge on any atom is 0.243 e. The number of carbonyl (C=O) groups excluding carboxylic acids is 1. The zero-order chi connectivity index (χ0) is 14.6. The van der Waals surface area contributed by atoms with Crippen LogP contribution in [0.1, 0.15) is 31.4 Å². The lowest BCUT2D eigenvalue weighted by molar-refractivity contribution is -0.126. The first-order valence-electron chi connectivity index (χ1n) is 6.88. The summed E-state index contributed by atoms with van der Waals surface area (Å²) in [4.78, 5) is 12.1. The normalized spacial score (nSPS) is 20.6. The molecule has 5 nitrogen and oxygen atoms in total. The van der Waals surface area contributed by atoms with E-state index in [4.69, 9.17) is 0 Å². The molecule has 1 heterocycles. The third-order valence-corrected chi connectivity index (χ3v) is 5.31. The zero-order valence-corrected chi connectivity index (χ0v) is 12.4. The third kappa shape index (κ3) is 3.19. The van der Waals surface area contributed by atoms with Gasteiger partial charge in [0.25, 0.3) is 0 Å². The van der Waals surface area contributed by atoms with Crippen LogP contribution >= 0.6 is 0 Å². The van der Waals surface area contributed by atoms with Crippen LogP contribution in [0.15, 0.2) is 30.3 Å². The molecule has 1 aliphatic rings. The van der Waals surface area contributed by atoms with Crippen molar-refractivity contribution in [1.82, 2.24) is 9.62 Å². The number of sulfonamides is 1. The SMILES string of the molecule is CCCCS(=O)(=O)N1CCNC(=O)C1c1ccccc1. The number of unbranched alkanes of at least 4 members (excludes halogenated alkanes) is 1. The van der Waals surface area contributed by atoms with E-state index in [-0.39, 0.29) is 11.7 Å². The molecule has 0 radical (unpaired) electrons. The molecule has 110 valence electrons. The Hall–Kier alpha value is -1.40. The molecule has 1 atom stereocenters. The van der Waals surface area contributed by atoms with E-state index in [0.29, 0.717) is 25.1 Å². The predicted molar refractivity (Wildman–Crippen MR) is 77.6 cm³/mol. The summed E-state index contributed by atoms with van der Waals surface area (Å²) in [5, 5.41) is 2.74. The van der Waals surface area contributed by atoms with Crippen LogP contribution in [0.25, 0.3) is 0 Å². The minimum atomic E-state index is -3.40. The number of nitrogens with one attached hydrogen (secondary N) is 1. The van der Waals surface area contributed by atoms with E-state index in [1.165, 1.54) is 4.31 Å². The molecule has 0 saturated carbocycles. The highest BCUT2D eigenvalue weighted by molar-refractivity contribution is 7.89. The number of hydrogen-bond donors (Lipinski definition) is 1. The molecule has 1 unspecified atom stereocenters. The lowest BCUT2D eigenvalue weighted by Crippen LogP contribution is -2.52. The Labute approximate surface area is 120 Å². The number of benzene rings is 1. The molecule has 1 N–H and O–H groups in total. The van der Waals surface area contributed by atoms with E-state index < -0.39 is 16.1 Å². The van der Waals surface area contributed by atoms with Crippen molar-refractivity contribution in [2.75, 3.05) is 18.8 Å². The average molecular weight is 296 g/mol. The van der Waals surface area contributed by atoms with Crippen LogP contribution in [0.3, 0.4) is 0 Å². The molecular weight excluding hydrogens is 276 g/mol. The van der Waals surface area contributed by atoms with Gasteiger partial charge in [-0.15, -0.1) is 0 Å². The van der Waals surface area contributed by atoms with E-state index >= 15 is 0 Å². The summed E-state index contributed by atoms with van der Waals surface area (Å²) >= 11 is 0. The fourth-order valence-electron chi connectivity index (χ4n) is 2.34. The molecule has 2 rings (SSSR count). The van der Waals surface area contributed by atoms with Gasteiger partial charge in [0.1, 0.15) is 6.04 Å². The van der Waals surface area contributed by atoms with Crippen LogP contribution in [0.4, 0.5) is 0 Å². The number of hydrogen-bond acceptors (Lipinski definition) is 3. The first kappa shape index (κ1) is 15.0. The van der Waals surface area contributed by atoms with Gasteiger partial charge in [0, 0.05) is 13.1 Å². The van der Waals surface area contributed by atoms with Crippen LogP contribution in [-0.4, -0.2) is 37.5 Å². The molecule has 0 spiro atoms. The Morgan fingerprint density at radius 3 is 2.65 bits per heavy atom. The second-order valence-corrected chi connectivity index (χ2v) is 6.93. The Morgan fingerprint density at radius 1 is 1.30 bits per heavy atom. The highest BCUT2D eigenvalue weighted by atomic mass is 32.2. The lowest BCUT2D eigenvalue weighted by atomic mass is 10.1. The van der Waals surface area contributed by atoms with Crippen molar-refractivity contribution in [1.29, 1.82) is 0 Å². The Kier molecular flexibility index (Phi) is 4.77. The van der Waals surface area contributed by atoms with Crippen LogP contribution in [0.2, 0.25) is 0 Å². The molecule has 0 aromatic heterocycles. The minimum Gasteiger partial charge on any atom is -0.353 e. The topological polar surface area (TPSA) is 66.5 Å². The van der Waals surface area contributed by atoms with Crippen LogP contribution in [0, 0.1) is 0 Å². The molecular formula is C14H20N2O3S. The predicted octanol–water partition coefficient (Wildman–Crippen LogP) is 1.29. The summed E-state index contributed by atoms with van der Waals surface area (Å²) in [6, 6.07) is 8.31. The van der Waals surface area contributed by atoms with Gasteiger partial charge in [-0.05, 0) is 12.0 Å². The maximum atomic E-state index is 12.4. The number of carbonyl (C=O) groups is 1. The van der Waals surface area contributed by atoms with E-state index in [9.17, 15) is 13.2 Å². The van der Waals surface area contributed by atoms with Crippen molar-refractivity contribution >= 4 is 15.9 Å². The van der Waals surface area contributed by atoms with Crippen LogP contribution < -0.4 is 5.32 Å². The first-order valence-corrected chi connectivity index (χ1v) is 8.49. The van der Waals surface area contributed by atoms with Gasteiger partial charge in [-0.25, -0.2) is 8.42 Å². The quantitative estimate of drug-likeness (QED) is 0.890. The average Bonchev–Trinajstić information content (AvgIpc) is 2.46. The smallest absolute Gasteiger partial charge is 0.243 e. The largest absolute Gasteiger partial charge is 0.353 e. The Bertz CT molecular complexity index is 557. The van der Waals surface area contributed by atoms with Crippen LogP contribution in [0.5, 0.6) is 0 Å². The fourth-order valence-corrected chi connectivity index (χ4v) is 4.14. The molecule has 1 aromatic carbocycles. The number of rotatable bonds is 5. The van der Waals surface area contributed by atoms with Crippen molar-refractivity contribution in [3.63, 3.8) is 0 Å². The van der Waals surface area contributed by atoms with Gasteiger partial charge >= 0.3 is 0 Å². The summed E-state index contributed by atoms with van der Waals surface area (Å²) in [6.45, 7) is 2.65. The standard InChI is InChI=1S/C14H20N2O3S/c1-2-3-11-20(18,19)16-10-9-15-14(17)13(16)12-7-5-4-6-8-12/h4-8,13H,2-3,9-11H2,1H3,(H,15,17). The first-order chi connectivity index (χ1) is 9.56. The summed E-state index contributed by atoms with van der Waals surface area (Å²) in [5.41, 5.74) is 0.713. The van der Waals surface area contributed by atoms with E-state index in [1.54, 1.807) is 12.1 Å². The van der Waals surface area contributed by atoms with E-state index in [2.05, 4.69) is 5.32 Å². The molecule has 0 aliphatic carbocycles. The molecule has 1 aromatic rings.